The summed E-state index contributed by atoms with van der Waals surface area (Å²) in [5.74, 6) is -0.139. The second-order valence-corrected chi connectivity index (χ2v) is 8.53. The Balaban J connectivity index is 2.42. The van der Waals surface area contributed by atoms with Crippen LogP contribution in [0.3, 0.4) is 0 Å². The molecule has 0 aliphatic carbocycles. The van der Waals surface area contributed by atoms with Crippen LogP contribution in [0.1, 0.15) is 56.6 Å². The minimum atomic E-state index is -4.48. The molecule has 1 aliphatic rings. The largest absolute Gasteiger partial charge is 0.308 e. The molecule has 146 valence electrons. The van der Waals surface area contributed by atoms with E-state index in [2.05, 4.69) is 4.90 Å². The minimum absolute atomic E-state index is 0.0968. The Morgan fingerprint density at radius 3 is 2.37 bits per heavy atom. The molecule has 0 bridgehead atoms. The average molecular weight is 391 g/mol. The number of amides is 1. The van der Waals surface area contributed by atoms with Crippen molar-refractivity contribution in [2.75, 3.05) is 18.0 Å². The molecule has 1 N–H and O–H groups in total. The van der Waals surface area contributed by atoms with Crippen molar-refractivity contribution in [2.24, 2.45) is 0 Å². The molecule has 0 saturated carbocycles. The zero-order chi connectivity index (χ0) is 20.1. The maximum Gasteiger partial charge on any atom is 0.295 e. The molecule has 0 saturated heterocycles. The van der Waals surface area contributed by atoms with Crippen LogP contribution in [-0.2, 0) is 10.1 Å². The SMILES string of the molecule is CCN1C(=O)c2cccc3c(S(=O)(=O)O)c(C(C)N(CC)C(C)C)cc1c23. The van der Waals surface area contributed by atoms with Crippen LogP contribution in [-0.4, -0.2) is 42.9 Å². The predicted octanol–water partition coefficient (Wildman–Crippen LogP) is 3.86. The highest BCUT2D eigenvalue weighted by Crippen LogP contribution is 2.44. The summed E-state index contributed by atoms with van der Waals surface area (Å²) in [7, 11) is -4.48. The summed E-state index contributed by atoms with van der Waals surface area (Å²) in [5.41, 5.74) is 1.70. The molecule has 1 amide bonds. The molecule has 2 aromatic carbocycles. The molecule has 3 rings (SSSR count). The molecule has 27 heavy (non-hydrogen) atoms. The Hall–Kier alpha value is -1.96. The van der Waals surface area contributed by atoms with Gasteiger partial charge in [0, 0.05) is 35.0 Å². The van der Waals surface area contributed by atoms with E-state index in [0.29, 0.717) is 34.1 Å². The van der Waals surface area contributed by atoms with Gasteiger partial charge in [-0.15, -0.1) is 0 Å². The number of hydrogen-bond donors (Lipinski definition) is 1. The Labute approximate surface area is 160 Å². The maximum absolute atomic E-state index is 12.8. The molecule has 0 fully saturated rings. The fourth-order valence-electron chi connectivity index (χ4n) is 4.28. The van der Waals surface area contributed by atoms with E-state index in [1.165, 1.54) is 0 Å². The van der Waals surface area contributed by atoms with Crippen LogP contribution < -0.4 is 4.90 Å². The summed E-state index contributed by atoms with van der Waals surface area (Å²) in [4.78, 5) is 16.5. The fourth-order valence-corrected chi connectivity index (χ4v) is 5.26. The summed E-state index contributed by atoms with van der Waals surface area (Å²) in [6, 6.07) is 6.75. The highest BCUT2D eigenvalue weighted by molar-refractivity contribution is 7.86. The summed E-state index contributed by atoms with van der Waals surface area (Å²) in [5, 5.41) is 0.999. The van der Waals surface area contributed by atoms with Crippen LogP contribution in [0.4, 0.5) is 5.69 Å². The van der Waals surface area contributed by atoms with E-state index >= 15 is 0 Å². The zero-order valence-corrected chi connectivity index (χ0v) is 17.2. The second-order valence-electron chi connectivity index (χ2n) is 7.17. The van der Waals surface area contributed by atoms with Crippen molar-refractivity contribution in [3.05, 3.63) is 35.4 Å². The van der Waals surface area contributed by atoms with Gasteiger partial charge in [0.15, 0.2) is 0 Å². The number of carbonyl (C=O) groups excluding carboxylic acids is 1. The van der Waals surface area contributed by atoms with Crippen molar-refractivity contribution >= 4 is 32.5 Å². The third-order valence-electron chi connectivity index (χ3n) is 5.44. The van der Waals surface area contributed by atoms with Crippen LogP contribution >= 0.6 is 0 Å². The van der Waals surface area contributed by atoms with Crippen molar-refractivity contribution in [3.8, 4) is 0 Å². The molecule has 6 nitrogen and oxygen atoms in total. The van der Waals surface area contributed by atoms with Crippen molar-refractivity contribution in [1.29, 1.82) is 0 Å². The second kappa shape index (κ2) is 6.89. The normalized spacial score (nSPS) is 15.4. The highest BCUT2D eigenvalue weighted by Gasteiger charge is 2.35. The lowest BCUT2D eigenvalue weighted by Crippen LogP contribution is -2.34. The number of carbonyl (C=O) groups is 1. The smallest absolute Gasteiger partial charge is 0.295 e. The van der Waals surface area contributed by atoms with E-state index in [4.69, 9.17) is 0 Å². The first-order valence-electron chi connectivity index (χ1n) is 9.28. The molecule has 7 heteroatoms. The van der Waals surface area contributed by atoms with E-state index < -0.39 is 10.1 Å². The molecule has 1 unspecified atom stereocenters. The Kier molecular flexibility index (Phi) is 5.05. The minimum Gasteiger partial charge on any atom is -0.308 e. The molecule has 1 heterocycles. The first kappa shape index (κ1) is 19.8. The van der Waals surface area contributed by atoms with Gasteiger partial charge >= 0.3 is 0 Å². The van der Waals surface area contributed by atoms with E-state index in [1.54, 1.807) is 29.2 Å². The zero-order valence-electron chi connectivity index (χ0n) is 16.4. The third kappa shape index (κ3) is 3.03. The highest BCUT2D eigenvalue weighted by atomic mass is 32.2. The van der Waals surface area contributed by atoms with Crippen LogP contribution in [0.2, 0.25) is 0 Å². The molecule has 0 spiro atoms. The summed E-state index contributed by atoms with van der Waals surface area (Å²) >= 11 is 0. The van der Waals surface area contributed by atoms with Gasteiger partial charge in [-0.05, 0) is 51.9 Å². The average Bonchev–Trinajstić information content (AvgIpc) is 2.87. The van der Waals surface area contributed by atoms with Gasteiger partial charge in [-0.2, -0.15) is 8.42 Å². The van der Waals surface area contributed by atoms with Crippen LogP contribution in [0.15, 0.2) is 29.2 Å². The topological polar surface area (TPSA) is 77.9 Å². The molecule has 1 aliphatic heterocycles. The van der Waals surface area contributed by atoms with Crippen molar-refractivity contribution in [1.82, 2.24) is 4.90 Å². The first-order valence-corrected chi connectivity index (χ1v) is 10.7. The summed E-state index contributed by atoms with van der Waals surface area (Å²) in [6.45, 7) is 11.2. The van der Waals surface area contributed by atoms with Crippen LogP contribution in [0.25, 0.3) is 10.8 Å². The summed E-state index contributed by atoms with van der Waals surface area (Å²) < 4.78 is 34.8. The first-order chi connectivity index (χ1) is 12.6. The van der Waals surface area contributed by atoms with Gasteiger partial charge in [-0.1, -0.05) is 19.1 Å². The molecule has 0 aromatic heterocycles. The van der Waals surface area contributed by atoms with Gasteiger partial charge < -0.3 is 4.90 Å². The number of anilines is 1. The van der Waals surface area contributed by atoms with Gasteiger partial charge in [0.2, 0.25) is 0 Å². The van der Waals surface area contributed by atoms with Crippen molar-refractivity contribution < 1.29 is 17.8 Å². The summed E-state index contributed by atoms with van der Waals surface area (Å²) in [6.07, 6.45) is 0. The van der Waals surface area contributed by atoms with Crippen LogP contribution in [0, 0.1) is 0 Å². The Morgan fingerprint density at radius 1 is 1.19 bits per heavy atom. The van der Waals surface area contributed by atoms with Gasteiger partial charge in [0.05, 0.1) is 5.69 Å². The number of benzene rings is 2. The molecular formula is C20H26N2O4S. The van der Waals surface area contributed by atoms with E-state index in [1.807, 2.05) is 34.6 Å². The maximum atomic E-state index is 12.8. The van der Waals surface area contributed by atoms with Crippen LogP contribution in [0.5, 0.6) is 0 Å². The number of nitrogens with zero attached hydrogens (tertiary/aromatic N) is 2. The van der Waals surface area contributed by atoms with E-state index in [-0.39, 0.29) is 22.9 Å². The molecule has 2 aromatic rings. The quantitative estimate of drug-likeness (QED) is 0.758. The fraction of sp³-hybridized carbons (Fsp3) is 0.450. The third-order valence-corrected chi connectivity index (χ3v) is 6.41. The van der Waals surface area contributed by atoms with Gasteiger partial charge in [-0.25, -0.2) is 0 Å². The monoisotopic (exact) mass is 390 g/mol. The lowest BCUT2D eigenvalue weighted by atomic mass is 9.98. The number of hydrogen-bond acceptors (Lipinski definition) is 4. The van der Waals surface area contributed by atoms with Gasteiger partial charge in [0.1, 0.15) is 4.90 Å². The van der Waals surface area contributed by atoms with E-state index in [0.717, 1.165) is 6.54 Å². The molecule has 0 radical (unpaired) electrons. The lowest BCUT2D eigenvalue weighted by molar-refractivity contribution is 0.0994. The Morgan fingerprint density at radius 2 is 1.85 bits per heavy atom. The Bertz CT molecular complexity index is 1010. The van der Waals surface area contributed by atoms with E-state index in [9.17, 15) is 17.8 Å². The predicted molar refractivity (Wildman–Crippen MR) is 107 cm³/mol. The molecular weight excluding hydrogens is 364 g/mol. The van der Waals surface area contributed by atoms with Crippen molar-refractivity contribution in [3.63, 3.8) is 0 Å². The molecule has 1 atom stereocenters. The number of rotatable bonds is 6. The standard InChI is InChI=1S/C20H26N2O4S/c1-6-21(12(3)4)13(5)16-11-17-18-14(19(16)27(24,25)26)9-8-10-15(18)20(23)22(17)7-2/h8-13H,6-7H2,1-5H3,(H,24,25,26). The van der Waals surface area contributed by atoms with Crippen molar-refractivity contribution in [2.45, 2.75) is 51.6 Å². The lowest BCUT2D eigenvalue weighted by Gasteiger charge is -2.33. The van der Waals surface area contributed by atoms with Gasteiger partial charge in [0.25, 0.3) is 16.0 Å². The van der Waals surface area contributed by atoms with Gasteiger partial charge in [-0.3, -0.25) is 14.2 Å².